The molecule has 2 atom stereocenters. The van der Waals surface area contributed by atoms with E-state index in [0.717, 1.165) is 31.9 Å². The lowest BCUT2D eigenvalue weighted by atomic mass is 9.86. The third-order valence-corrected chi connectivity index (χ3v) is 3.44. The minimum atomic E-state index is -0.428. The average Bonchev–Trinajstić information content (AvgIpc) is 2.89. The van der Waals surface area contributed by atoms with E-state index in [1.54, 1.807) is 0 Å². The number of rotatable bonds is 2. The van der Waals surface area contributed by atoms with Crippen LogP contribution in [-0.4, -0.2) is 26.3 Å². The van der Waals surface area contributed by atoms with E-state index >= 15 is 0 Å². The summed E-state index contributed by atoms with van der Waals surface area (Å²) in [5, 5.41) is 13.8. The Morgan fingerprint density at radius 2 is 2.11 bits per heavy atom. The molecule has 3 rings (SSSR count). The zero-order valence-corrected chi connectivity index (χ0v) is 10.3. The van der Waals surface area contributed by atoms with Crippen LogP contribution in [0.1, 0.15) is 37.5 Å². The van der Waals surface area contributed by atoms with Gasteiger partial charge in [-0.3, -0.25) is 0 Å². The van der Waals surface area contributed by atoms with Crippen LogP contribution in [0.5, 0.6) is 0 Å². The molecule has 1 aliphatic rings. The lowest BCUT2D eigenvalue weighted by molar-refractivity contribution is 0.0908. The Labute approximate surface area is 109 Å². The Morgan fingerprint density at radius 3 is 2.84 bits per heavy atom. The molecule has 19 heavy (non-hydrogen) atoms. The molecule has 0 radical (unpaired) electrons. The van der Waals surface area contributed by atoms with E-state index in [1.165, 1.54) is 12.1 Å². The van der Waals surface area contributed by atoms with Crippen LogP contribution in [-0.2, 0) is 0 Å². The molecule has 1 N–H and O–H groups in total. The minimum absolute atomic E-state index is 0.101. The minimum Gasteiger partial charge on any atom is -0.392 e. The van der Waals surface area contributed by atoms with Crippen molar-refractivity contribution in [3.63, 3.8) is 0 Å². The van der Waals surface area contributed by atoms with Crippen LogP contribution in [0.3, 0.4) is 0 Å². The Hall–Kier alpha value is -1.82. The molecule has 5 nitrogen and oxygen atoms in total. The molecule has 2 aromatic heterocycles. The van der Waals surface area contributed by atoms with Gasteiger partial charge in [-0.05, 0) is 25.0 Å². The second-order valence-electron chi connectivity index (χ2n) is 4.78. The SMILES string of the molecule is OC1CCCCC1c1nc(-c2ccc(F)cn2)no1. The zero-order chi connectivity index (χ0) is 13.2. The number of aromatic nitrogens is 3. The van der Waals surface area contributed by atoms with Crippen LogP contribution < -0.4 is 0 Å². The van der Waals surface area contributed by atoms with E-state index in [4.69, 9.17) is 4.52 Å². The third kappa shape index (κ3) is 2.49. The van der Waals surface area contributed by atoms with Crippen molar-refractivity contribution >= 4 is 0 Å². The quantitative estimate of drug-likeness (QED) is 0.900. The van der Waals surface area contributed by atoms with E-state index in [2.05, 4.69) is 15.1 Å². The van der Waals surface area contributed by atoms with Crippen LogP contribution in [0.4, 0.5) is 4.39 Å². The first kappa shape index (κ1) is 12.2. The maximum atomic E-state index is 12.8. The van der Waals surface area contributed by atoms with E-state index in [1.807, 2.05) is 0 Å². The van der Waals surface area contributed by atoms with Crippen molar-refractivity contribution < 1.29 is 14.0 Å². The number of nitrogens with zero attached hydrogens (tertiary/aromatic N) is 3. The largest absolute Gasteiger partial charge is 0.392 e. The third-order valence-electron chi connectivity index (χ3n) is 3.44. The van der Waals surface area contributed by atoms with Crippen molar-refractivity contribution in [3.8, 4) is 11.5 Å². The summed E-state index contributed by atoms with van der Waals surface area (Å²) >= 11 is 0. The number of aliphatic hydroxyl groups excluding tert-OH is 1. The predicted molar refractivity (Wildman–Crippen MR) is 64.7 cm³/mol. The first-order valence-corrected chi connectivity index (χ1v) is 6.37. The molecule has 1 aliphatic carbocycles. The number of halogens is 1. The highest BCUT2D eigenvalue weighted by molar-refractivity contribution is 5.47. The lowest BCUT2D eigenvalue weighted by Crippen LogP contribution is -2.22. The number of hydrogen-bond acceptors (Lipinski definition) is 5. The normalized spacial score (nSPS) is 23.5. The summed E-state index contributed by atoms with van der Waals surface area (Å²) in [6.07, 6.45) is 4.37. The highest BCUT2D eigenvalue weighted by atomic mass is 19.1. The molecule has 0 saturated heterocycles. The first-order valence-electron chi connectivity index (χ1n) is 6.37. The summed E-state index contributed by atoms with van der Waals surface area (Å²) in [5.41, 5.74) is 0.460. The summed E-state index contributed by atoms with van der Waals surface area (Å²) in [4.78, 5) is 8.17. The molecule has 6 heteroatoms. The van der Waals surface area contributed by atoms with Gasteiger partial charge in [0.25, 0.3) is 0 Å². The fourth-order valence-corrected chi connectivity index (χ4v) is 2.40. The maximum Gasteiger partial charge on any atom is 0.232 e. The smallest absolute Gasteiger partial charge is 0.232 e. The van der Waals surface area contributed by atoms with E-state index in [9.17, 15) is 9.50 Å². The van der Waals surface area contributed by atoms with Gasteiger partial charge in [0.2, 0.25) is 11.7 Å². The van der Waals surface area contributed by atoms with E-state index in [0.29, 0.717) is 17.4 Å². The average molecular weight is 263 g/mol. The topological polar surface area (TPSA) is 72.0 Å². The molecule has 0 aliphatic heterocycles. The van der Waals surface area contributed by atoms with Gasteiger partial charge in [0.05, 0.1) is 18.2 Å². The monoisotopic (exact) mass is 263 g/mol. The van der Waals surface area contributed by atoms with Crippen LogP contribution in [0.15, 0.2) is 22.9 Å². The van der Waals surface area contributed by atoms with Crippen molar-refractivity contribution in [2.24, 2.45) is 0 Å². The fraction of sp³-hybridized carbons (Fsp3) is 0.462. The van der Waals surface area contributed by atoms with Gasteiger partial charge in [0.1, 0.15) is 11.5 Å². The van der Waals surface area contributed by atoms with Crippen LogP contribution >= 0.6 is 0 Å². The summed E-state index contributed by atoms with van der Waals surface area (Å²) in [6, 6.07) is 2.80. The highest BCUT2D eigenvalue weighted by Gasteiger charge is 2.29. The van der Waals surface area contributed by atoms with E-state index < -0.39 is 11.9 Å². The van der Waals surface area contributed by atoms with Crippen molar-refractivity contribution in [2.75, 3.05) is 0 Å². The lowest BCUT2D eigenvalue weighted by Gasteiger charge is -2.24. The molecule has 1 saturated carbocycles. The van der Waals surface area contributed by atoms with Crippen LogP contribution in [0.25, 0.3) is 11.5 Å². The standard InChI is InChI=1S/C13H14FN3O2/c14-8-5-6-10(15-7-8)12-16-13(19-17-12)9-3-1-2-4-11(9)18/h5-7,9,11,18H,1-4H2. The molecule has 1 fully saturated rings. The second kappa shape index (κ2) is 5.05. The summed E-state index contributed by atoms with van der Waals surface area (Å²) in [7, 11) is 0. The van der Waals surface area contributed by atoms with Gasteiger partial charge in [-0.15, -0.1) is 0 Å². The summed E-state index contributed by atoms with van der Waals surface area (Å²) < 4.78 is 18.0. The Balaban J connectivity index is 1.84. The first-order chi connectivity index (χ1) is 9.24. The summed E-state index contributed by atoms with van der Waals surface area (Å²) in [5.74, 6) is 0.256. The fourth-order valence-electron chi connectivity index (χ4n) is 2.40. The highest BCUT2D eigenvalue weighted by Crippen LogP contribution is 2.32. The number of hydrogen-bond donors (Lipinski definition) is 1. The molecule has 0 amide bonds. The van der Waals surface area contributed by atoms with Crippen molar-refractivity contribution in [1.29, 1.82) is 0 Å². The van der Waals surface area contributed by atoms with Crippen molar-refractivity contribution in [3.05, 3.63) is 30.0 Å². The number of aliphatic hydroxyl groups is 1. The molecular formula is C13H14FN3O2. The molecule has 2 unspecified atom stereocenters. The van der Waals surface area contributed by atoms with Crippen molar-refractivity contribution in [1.82, 2.24) is 15.1 Å². The van der Waals surface area contributed by atoms with Gasteiger partial charge in [-0.1, -0.05) is 18.0 Å². The maximum absolute atomic E-state index is 12.8. The van der Waals surface area contributed by atoms with E-state index in [-0.39, 0.29) is 5.92 Å². The van der Waals surface area contributed by atoms with Gasteiger partial charge in [-0.25, -0.2) is 9.37 Å². The Bertz CT molecular complexity index is 555. The Morgan fingerprint density at radius 1 is 1.26 bits per heavy atom. The molecule has 0 spiro atoms. The molecule has 2 heterocycles. The Kier molecular flexibility index (Phi) is 3.25. The molecule has 2 aromatic rings. The van der Waals surface area contributed by atoms with Gasteiger partial charge < -0.3 is 9.63 Å². The predicted octanol–water partition coefficient (Wildman–Crippen LogP) is 2.29. The van der Waals surface area contributed by atoms with Gasteiger partial charge >= 0.3 is 0 Å². The summed E-state index contributed by atoms with van der Waals surface area (Å²) in [6.45, 7) is 0. The van der Waals surface area contributed by atoms with Gasteiger partial charge in [0, 0.05) is 0 Å². The number of pyridine rings is 1. The van der Waals surface area contributed by atoms with Crippen LogP contribution in [0, 0.1) is 5.82 Å². The molecular weight excluding hydrogens is 249 g/mol. The molecule has 100 valence electrons. The van der Waals surface area contributed by atoms with Crippen LogP contribution in [0.2, 0.25) is 0 Å². The molecule has 0 aromatic carbocycles. The van der Waals surface area contributed by atoms with Crippen molar-refractivity contribution in [2.45, 2.75) is 37.7 Å². The van der Waals surface area contributed by atoms with Gasteiger partial charge in [-0.2, -0.15) is 4.98 Å². The van der Waals surface area contributed by atoms with Gasteiger partial charge in [0.15, 0.2) is 0 Å². The second-order valence-corrected chi connectivity index (χ2v) is 4.78. The molecule has 0 bridgehead atoms. The zero-order valence-electron chi connectivity index (χ0n) is 10.3.